The SMILES string of the molecule is Cc1ccccc1CC(C)N(C)C(=O)c1ccc(C(=O)O)cc1. The molecule has 0 fully saturated rings. The average molecular weight is 311 g/mol. The maximum Gasteiger partial charge on any atom is 0.335 e. The molecular formula is C19H21NO3. The second-order valence-corrected chi connectivity index (χ2v) is 5.78. The third kappa shape index (κ3) is 3.97. The van der Waals surface area contributed by atoms with Gasteiger partial charge in [0.2, 0.25) is 0 Å². The Morgan fingerprint density at radius 2 is 1.61 bits per heavy atom. The summed E-state index contributed by atoms with van der Waals surface area (Å²) in [5.74, 6) is -1.10. The van der Waals surface area contributed by atoms with Crippen LogP contribution >= 0.6 is 0 Å². The minimum atomic E-state index is -0.995. The first-order chi connectivity index (χ1) is 10.9. The second kappa shape index (κ2) is 7.09. The van der Waals surface area contributed by atoms with E-state index >= 15 is 0 Å². The fourth-order valence-corrected chi connectivity index (χ4v) is 2.45. The Kier molecular flexibility index (Phi) is 5.16. The lowest BCUT2D eigenvalue weighted by Gasteiger charge is -2.25. The van der Waals surface area contributed by atoms with Crippen molar-refractivity contribution in [2.45, 2.75) is 26.3 Å². The zero-order valence-corrected chi connectivity index (χ0v) is 13.6. The Morgan fingerprint density at radius 1 is 1.04 bits per heavy atom. The summed E-state index contributed by atoms with van der Waals surface area (Å²) in [5, 5.41) is 8.91. The van der Waals surface area contributed by atoms with E-state index in [0.29, 0.717) is 5.56 Å². The van der Waals surface area contributed by atoms with Gasteiger partial charge in [0.05, 0.1) is 5.56 Å². The van der Waals surface area contributed by atoms with Gasteiger partial charge in [0, 0.05) is 18.7 Å². The van der Waals surface area contributed by atoms with Crippen molar-refractivity contribution in [1.29, 1.82) is 0 Å². The van der Waals surface area contributed by atoms with E-state index < -0.39 is 5.97 Å². The van der Waals surface area contributed by atoms with E-state index in [9.17, 15) is 9.59 Å². The number of hydrogen-bond donors (Lipinski definition) is 1. The predicted octanol–water partition coefficient (Wildman–Crippen LogP) is 3.40. The number of aryl methyl sites for hydroxylation is 1. The van der Waals surface area contributed by atoms with E-state index in [1.807, 2.05) is 19.1 Å². The van der Waals surface area contributed by atoms with Crippen LogP contribution < -0.4 is 0 Å². The first kappa shape index (κ1) is 16.7. The second-order valence-electron chi connectivity index (χ2n) is 5.78. The number of nitrogens with zero attached hydrogens (tertiary/aromatic N) is 1. The number of rotatable bonds is 5. The molecule has 0 aromatic heterocycles. The standard InChI is InChI=1S/C19H21NO3/c1-13-6-4-5-7-17(13)12-14(2)20(3)18(21)15-8-10-16(11-9-15)19(22)23/h4-11,14H,12H2,1-3H3,(H,22,23). The molecular weight excluding hydrogens is 290 g/mol. The van der Waals surface area contributed by atoms with E-state index in [4.69, 9.17) is 5.11 Å². The van der Waals surface area contributed by atoms with Crippen LogP contribution in [-0.4, -0.2) is 35.0 Å². The molecule has 4 nitrogen and oxygen atoms in total. The largest absolute Gasteiger partial charge is 0.478 e. The molecule has 0 radical (unpaired) electrons. The zero-order valence-electron chi connectivity index (χ0n) is 13.6. The molecule has 0 aliphatic heterocycles. The van der Waals surface area contributed by atoms with Crippen molar-refractivity contribution >= 4 is 11.9 Å². The molecule has 1 atom stereocenters. The van der Waals surface area contributed by atoms with Gasteiger partial charge in [0.25, 0.3) is 5.91 Å². The normalized spacial score (nSPS) is 11.8. The number of benzene rings is 2. The first-order valence-corrected chi connectivity index (χ1v) is 7.55. The van der Waals surface area contributed by atoms with Gasteiger partial charge in [0.1, 0.15) is 0 Å². The molecule has 0 aliphatic carbocycles. The van der Waals surface area contributed by atoms with Gasteiger partial charge in [-0.25, -0.2) is 4.79 Å². The molecule has 0 aliphatic rings. The Hall–Kier alpha value is -2.62. The van der Waals surface area contributed by atoms with Crippen LogP contribution in [0.2, 0.25) is 0 Å². The molecule has 1 N–H and O–H groups in total. The highest BCUT2D eigenvalue weighted by Crippen LogP contribution is 2.15. The van der Waals surface area contributed by atoms with Crippen LogP contribution in [0, 0.1) is 6.92 Å². The molecule has 2 rings (SSSR count). The fraction of sp³-hybridized carbons (Fsp3) is 0.263. The number of carboxylic acid groups (broad SMARTS) is 1. The maximum atomic E-state index is 12.5. The van der Waals surface area contributed by atoms with E-state index in [-0.39, 0.29) is 17.5 Å². The first-order valence-electron chi connectivity index (χ1n) is 7.55. The van der Waals surface area contributed by atoms with Crippen LogP contribution in [0.3, 0.4) is 0 Å². The third-order valence-corrected chi connectivity index (χ3v) is 4.14. The highest BCUT2D eigenvalue weighted by molar-refractivity contribution is 5.95. The van der Waals surface area contributed by atoms with Crippen molar-refractivity contribution in [3.63, 3.8) is 0 Å². The summed E-state index contributed by atoms with van der Waals surface area (Å²) < 4.78 is 0. The van der Waals surface area contributed by atoms with Crippen molar-refractivity contribution in [2.24, 2.45) is 0 Å². The highest BCUT2D eigenvalue weighted by atomic mass is 16.4. The van der Waals surface area contributed by atoms with Crippen LogP contribution in [0.1, 0.15) is 38.8 Å². The molecule has 0 spiro atoms. The number of carbonyl (C=O) groups excluding carboxylic acids is 1. The van der Waals surface area contributed by atoms with E-state index in [1.165, 1.54) is 23.3 Å². The summed E-state index contributed by atoms with van der Waals surface area (Å²) in [4.78, 5) is 25.1. The van der Waals surface area contributed by atoms with Crippen molar-refractivity contribution in [1.82, 2.24) is 4.90 Å². The Bertz CT molecular complexity index is 707. The van der Waals surface area contributed by atoms with E-state index in [2.05, 4.69) is 19.1 Å². The number of likely N-dealkylation sites (N-methyl/N-ethyl adjacent to an activating group) is 1. The summed E-state index contributed by atoms with van der Waals surface area (Å²) in [7, 11) is 1.77. The molecule has 4 heteroatoms. The number of carbonyl (C=O) groups is 2. The minimum absolute atomic E-state index is 0.0442. The molecule has 0 saturated carbocycles. The van der Waals surface area contributed by atoms with Crippen LogP contribution in [-0.2, 0) is 6.42 Å². The number of aromatic carboxylic acids is 1. The molecule has 0 saturated heterocycles. The maximum absolute atomic E-state index is 12.5. The summed E-state index contributed by atoms with van der Waals surface area (Å²) in [6.07, 6.45) is 0.780. The van der Waals surface area contributed by atoms with Gasteiger partial charge in [-0.3, -0.25) is 4.79 Å². The average Bonchev–Trinajstić information content (AvgIpc) is 2.55. The van der Waals surface area contributed by atoms with Gasteiger partial charge in [-0.1, -0.05) is 24.3 Å². The summed E-state index contributed by atoms with van der Waals surface area (Å²) >= 11 is 0. The molecule has 0 bridgehead atoms. The van der Waals surface area contributed by atoms with Crippen LogP contribution in [0.15, 0.2) is 48.5 Å². The summed E-state index contributed by atoms with van der Waals surface area (Å²) in [5.41, 5.74) is 3.11. The molecule has 120 valence electrons. The summed E-state index contributed by atoms with van der Waals surface area (Å²) in [6.45, 7) is 4.07. The van der Waals surface area contributed by atoms with Crippen molar-refractivity contribution in [3.05, 3.63) is 70.8 Å². The Morgan fingerprint density at radius 3 is 2.17 bits per heavy atom. The number of amides is 1. The van der Waals surface area contributed by atoms with Crippen LogP contribution in [0.5, 0.6) is 0 Å². The van der Waals surface area contributed by atoms with Gasteiger partial charge in [0.15, 0.2) is 0 Å². The smallest absolute Gasteiger partial charge is 0.335 e. The number of hydrogen-bond acceptors (Lipinski definition) is 2. The van der Waals surface area contributed by atoms with Crippen molar-refractivity contribution in [2.75, 3.05) is 7.05 Å². The van der Waals surface area contributed by atoms with Gasteiger partial charge in [-0.15, -0.1) is 0 Å². The van der Waals surface area contributed by atoms with Crippen LogP contribution in [0.4, 0.5) is 0 Å². The Labute approximate surface area is 136 Å². The van der Waals surface area contributed by atoms with Gasteiger partial charge >= 0.3 is 5.97 Å². The quantitative estimate of drug-likeness (QED) is 0.920. The molecule has 0 heterocycles. The lowest BCUT2D eigenvalue weighted by Crippen LogP contribution is -2.36. The third-order valence-electron chi connectivity index (χ3n) is 4.14. The fourth-order valence-electron chi connectivity index (χ4n) is 2.45. The monoisotopic (exact) mass is 311 g/mol. The lowest BCUT2D eigenvalue weighted by atomic mass is 10.0. The van der Waals surface area contributed by atoms with E-state index in [1.54, 1.807) is 24.1 Å². The lowest BCUT2D eigenvalue weighted by molar-refractivity contribution is 0.0693. The van der Waals surface area contributed by atoms with Crippen LogP contribution in [0.25, 0.3) is 0 Å². The van der Waals surface area contributed by atoms with Crippen molar-refractivity contribution < 1.29 is 14.7 Å². The number of carboxylic acids is 1. The van der Waals surface area contributed by atoms with Gasteiger partial charge < -0.3 is 10.0 Å². The predicted molar refractivity (Wildman–Crippen MR) is 89.8 cm³/mol. The topological polar surface area (TPSA) is 57.6 Å². The molecule has 1 amide bonds. The molecule has 2 aromatic rings. The van der Waals surface area contributed by atoms with Gasteiger partial charge in [-0.05, 0) is 55.7 Å². The molecule has 2 aromatic carbocycles. The minimum Gasteiger partial charge on any atom is -0.478 e. The van der Waals surface area contributed by atoms with E-state index in [0.717, 1.165) is 6.42 Å². The Balaban J connectivity index is 2.09. The zero-order chi connectivity index (χ0) is 17.0. The molecule has 1 unspecified atom stereocenters. The summed E-state index contributed by atoms with van der Waals surface area (Å²) in [6, 6.07) is 14.2. The van der Waals surface area contributed by atoms with Crippen molar-refractivity contribution in [3.8, 4) is 0 Å². The molecule has 23 heavy (non-hydrogen) atoms. The highest BCUT2D eigenvalue weighted by Gasteiger charge is 2.18. The van der Waals surface area contributed by atoms with Gasteiger partial charge in [-0.2, -0.15) is 0 Å².